The van der Waals surface area contributed by atoms with Gasteiger partial charge in [0.05, 0.1) is 0 Å². The van der Waals surface area contributed by atoms with Gasteiger partial charge < -0.3 is 5.32 Å². The summed E-state index contributed by atoms with van der Waals surface area (Å²) in [6, 6.07) is 24.4. The van der Waals surface area contributed by atoms with E-state index in [0.717, 1.165) is 16.8 Å². The number of nitrogens with zero attached hydrogens (tertiary/aromatic N) is 1. The molecule has 0 spiro atoms. The van der Waals surface area contributed by atoms with Crippen LogP contribution in [0.5, 0.6) is 0 Å². The molecule has 3 aromatic rings. The van der Waals surface area contributed by atoms with Gasteiger partial charge in [0.2, 0.25) is 5.91 Å². The molecule has 1 atom stereocenters. The van der Waals surface area contributed by atoms with Crippen LogP contribution in [0.25, 0.3) is 0 Å². The number of anilines is 1. The molecule has 0 aliphatic carbocycles. The average molecular weight is 403 g/mol. The number of carbonyl (C=O) groups excluding carboxylic acids is 2. The second kappa shape index (κ2) is 8.53. The molecule has 4 rings (SSSR count). The molecule has 0 radical (unpaired) electrons. The van der Waals surface area contributed by atoms with E-state index in [0.29, 0.717) is 18.5 Å². The molecule has 1 heterocycles. The summed E-state index contributed by atoms with van der Waals surface area (Å²) >= 11 is 1.69. The molecule has 4 nitrogen and oxygen atoms in total. The number of rotatable bonds is 5. The number of hydrogen-bond donors (Lipinski definition) is 1. The Morgan fingerprint density at radius 1 is 0.966 bits per heavy atom. The van der Waals surface area contributed by atoms with Crippen molar-refractivity contribution in [3.8, 4) is 0 Å². The molecule has 5 heteroatoms. The van der Waals surface area contributed by atoms with E-state index in [4.69, 9.17) is 0 Å². The van der Waals surface area contributed by atoms with Crippen molar-refractivity contribution in [2.24, 2.45) is 0 Å². The van der Waals surface area contributed by atoms with E-state index in [2.05, 4.69) is 5.32 Å². The summed E-state index contributed by atoms with van der Waals surface area (Å²) in [5.41, 5.74) is 3.44. The van der Waals surface area contributed by atoms with Gasteiger partial charge in [-0.15, -0.1) is 11.8 Å². The van der Waals surface area contributed by atoms with Crippen molar-refractivity contribution in [3.05, 3.63) is 95.6 Å². The van der Waals surface area contributed by atoms with Gasteiger partial charge in [-0.3, -0.25) is 14.5 Å². The Hall–Kier alpha value is -3.05. The summed E-state index contributed by atoms with van der Waals surface area (Å²) in [6.07, 6.45) is 2.55. The monoisotopic (exact) mass is 402 g/mol. The van der Waals surface area contributed by atoms with E-state index < -0.39 is 6.04 Å². The Morgan fingerprint density at radius 3 is 2.38 bits per heavy atom. The fraction of sp³-hybridized carbons (Fsp3) is 0.167. The van der Waals surface area contributed by atoms with E-state index >= 15 is 0 Å². The predicted octanol–water partition coefficient (Wildman–Crippen LogP) is 4.30. The van der Waals surface area contributed by atoms with Gasteiger partial charge in [-0.1, -0.05) is 48.5 Å². The van der Waals surface area contributed by atoms with Gasteiger partial charge >= 0.3 is 0 Å². The molecular formula is C24H22N2O2S. The molecule has 0 saturated heterocycles. The molecule has 0 bridgehead atoms. The second-order valence-electron chi connectivity index (χ2n) is 6.96. The summed E-state index contributed by atoms with van der Waals surface area (Å²) in [6.45, 7) is 0.438. The maximum Gasteiger partial charge on any atom is 0.259 e. The first-order valence-corrected chi connectivity index (χ1v) is 10.8. The first kappa shape index (κ1) is 19.3. The largest absolute Gasteiger partial charge is 0.350 e. The minimum Gasteiger partial charge on any atom is -0.350 e. The summed E-state index contributed by atoms with van der Waals surface area (Å²) < 4.78 is 0. The van der Waals surface area contributed by atoms with Gasteiger partial charge in [-0.25, -0.2) is 0 Å². The smallest absolute Gasteiger partial charge is 0.259 e. The van der Waals surface area contributed by atoms with Crippen LogP contribution in [0, 0.1) is 0 Å². The van der Waals surface area contributed by atoms with Crippen LogP contribution in [0.2, 0.25) is 0 Å². The van der Waals surface area contributed by atoms with Gasteiger partial charge in [-0.05, 0) is 47.7 Å². The standard InChI is InChI=1S/C24H22N2O2S/c1-29-20-13-11-17(12-14-20)16-25-23(27)22-15-19-9-5-6-10-21(19)26(22)24(28)18-7-3-2-4-8-18/h2-14,22H,15-16H2,1H3,(H,25,27)/t22-/m0/s1. The highest BCUT2D eigenvalue weighted by Crippen LogP contribution is 2.33. The van der Waals surface area contributed by atoms with E-state index in [-0.39, 0.29) is 11.8 Å². The average Bonchev–Trinajstić information content (AvgIpc) is 3.17. The minimum atomic E-state index is -0.550. The van der Waals surface area contributed by atoms with Gasteiger partial charge in [-0.2, -0.15) is 0 Å². The third-order valence-corrected chi connectivity index (χ3v) is 5.89. The van der Waals surface area contributed by atoms with Crippen molar-refractivity contribution < 1.29 is 9.59 Å². The molecule has 1 aliphatic heterocycles. The molecule has 0 aromatic heterocycles. The van der Waals surface area contributed by atoms with Crippen molar-refractivity contribution in [3.63, 3.8) is 0 Å². The summed E-state index contributed by atoms with van der Waals surface area (Å²) in [5.74, 6) is -0.292. The SMILES string of the molecule is CSc1ccc(CNC(=O)[C@@H]2Cc3ccccc3N2C(=O)c2ccccc2)cc1. The van der Waals surface area contributed by atoms with Crippen molar-refractivity contribution in [1.29, 1.82) is 0 Å². The minimum absolute atomic E-state index is 0.139. The molecule has 29 heavy (non-hydrogen) atoms. The number of para-hydroxylation sites is 1. The van der Waals surface area contributed by atoms with Crippen molar-refractivity contribution >= 4 is 29.3 Å². The lowest BCUT2D eigenvalue weighted by molar-refractivity contribution is -0.122. The molecule has 3 aromatic carbocycles. The number of thioether (sulfide) groups is 1. The lowest BCUT2D eigenvalue weighted by Gasteiger charge is -2.25. The fourth-order valence-corrected chi connectivity index (χ4v) is 4.03. The van der Waals surface area contributed by atoms with Gasteiger partial charge in [0.25, 0.3) is 5.91 Å². The van der Waals surface area contributed by atoms with Crippen LogP contribution in [0.1, 0.15) is 21.5 Å². The number of amides is 2. The van der Waals surface area contributed by atoms with Gasteiger partial charge in [0.15, 0.2) is 0 Å². The lowest BCUT2D eigenvalue weighted by atomic mass is 10.1. The van der Waals surface area contributed by atoms with Crippen LogP contribution < -0.4 is 10.2 Å². The van der Waals surface area contributed by atoms with E-state index in [9.17, 15) is 9.59 Å². The van der Waals surface area contributed by atoms with Crippen LogP contribution in [0.3, 0.4) is 0 Å². The Morgan fingerprint density at radius 2 is 1.66 bits per heavy atom. The molecule has 0 saturated carbocycles. The van der Waals surface area contributed by atoms with Crippen molar-refractivity contribution in [2.75, 3.05) is 11.2 Å². The molecule has 0 fully saturated rings. The summed E-state index contributed by atoms with van der Waals surface area (Å²) in [4.78, 5) is 29.1. The van der Waals surface area contributed by atoms with Crippen LogP contribution in [0.15, 0.2) is 83.8 Å². The molecule has 1 N–H and O–H groups in total. The number of hydrogen-bond acceptors (Lipinski definition) is 3. The van der Waals surface area contributed by atoms with Gasteiger partial charge in [0, 0.05) is 29.1 Å². The quantitative estimate of drug-likeness (QED) is 0.648. The van der Waals surface area contributed by atoms with Crippen LogP contribution in [-0.4, -0.2) is 24.1 Å². The van der Waals surface area contributed by atoms with E-state index in [1.54, 1.807) is 28.8 Å². The Kier molecular flexibility index (Phi) is 5.67. The van der Waals surface area contributed by atoms with Gasteiger partial charge in [0.1, 0.15) is 6.04 Å². The number of benzene rings is 3. The highest BCUT2D eigenvalue weighted by Gasteiger charge is 2.38. The number of fused-ring (bicyclic) bond motifs is 1. The normalized spacial score (nSPS) is 15.1. The first-order chi connectivity index (χ1) is 14.2. The van der Waals surface area contributed by atoms with Crippen LogP contribution in [-0.2, 0) is 17.8 Å². The zero-order valence-electron chi connectivity index (χ0n) is 16.2. The Labute approximate surface area is 174 Å². The fourth-order valence-electron chi connectivity index (χ4n) is 3.62. The summed E-state index contributed by atoms with van der Waals surface area (Å²) in [7, 11) is 0. The second-order valence-corrected chi connectivity index (χ2v) is 7.84. The maximum absolute atomic E-state index is 13.2. The summed E-state index contributed by atoms with van der Waals surface area (Å²) in [5, 5.41) is 3.01. The molecule has 2 amide bonds. The maximum atomic E-state index is 13.2. The zero-order chi connectivity index (χ0) is 20.2. The third-order valence-electron chi connectivity index (χ3n) is 5.14. The van der Waals surface area contributed by atoms with Crippen molar-refractivity contribution in [1.82, 2.24) is 5.32 Å². The van der Waals surface area contributed by atoms with Crippen LogP contribution >= 0.6 is 11.8 Å². The number of carbonyl (C=O) groups is 2. The van der Waals surface area contributed by atoms with Crippen molar-refractivity contribution in [2.45, 2.75) is 23.9 Å². The third kappa shape index (κ3) is 4.05. The molecular weight excluding hydrogens is 380 g/mol. The lowest BCUT2D eigenvalue weighted by Crippen LogP contribution is -2.48. The predicted molar refractivity (Wildman–Crippen MR) is 117 cm³/mol. The first-order valence-electron chi connectivity index (χ1n) is 9.54. The number of nitrogens with one attached hydrogen (secondary N) is 1. The topological polar surface area (TPSA) is 49.4 Å². The molecule has 0 unspecified atom stereocenters. The molecule has 1 aliphatic rings. The van der Waals surface area contributed by atoms with Crippen LogP contribution in [0.4, 0.5) is 5.69 Å². The van der Waals surface area contributed by atoms with E-state index in [1.165, 1.54) is 4.90 Å². The zero-order valence-corrected chi connectivity index (χ0v) is 17.0. The highest BCUT2D eigenvalue weighted by atomic mass is 32.2. The Balaban J connectivity index is 1.54. The highest BCUT2D eigenvalue weighted by molar-refractivity contribution is 7.98. The van der Waals surface area contributed by atoms with E-state index in [1.807, 2.05) is 73.0 Å². The Bertz CT molecular complexity index is 1020. The molecule has 146 valence electrons.